The minimum Gasteiger partial charge on any atom is -0.247 e. The third kappa shape index (κ3) is 1.90. The van der Waals surface area contributed by atoms with E-state index in [1.165, 1.54) is 12.8 Å². The summed E-state index contributed by atoms with van der Waals surface area (Å²) in [7, 11) is 0. The Balaban J connectivity index is 2.08. The van der Waals surface area contributed by atoms with Gasteiger partial charge in [0.05, 0.1) is 6.04 Å². The Morgan fingerprint density at radius 3 is 2.94 bits per heavy atom. The summed E-state index contributed by atoms with van der Waals surface area (Å²) < 4.78 is 3.13. The van der Waals surface area contributed by atoms with Crippen LogP contribution in [0.3, 0.4) is 0 Å². The number of aromatic nitrogens is 3. The van der Waals surface area contributed by atoms with Crippen molar-refractivity contribution >= 4 is 15.9 Å². The van der Waals surface area contributed by atoms with Gasteiger partial charge in [-0.2, -0.15) is 5.10 Å². The van der Waals surface area contributed by atoms with E-state index in [2.05, 4.69) is 43.7 Å². The van der Waals surface area contributed by atoms with Crippen LogP contribution in [-0.2, 0) is 6.42 Å². The van der Waals surface area contributed by atoms with Crippen molar-refractivity contribution in [1.29, 1.82) is 0 Å². The SMILES string of the molecule is CC1CCCc2nc(-c3ccccc3Br)nn21. The van der Waals surface area contributed by atoms with Crippen LogP contribution in [0.25, 0.3) is 11.4 Å². The number of hydrogen-bond acceptors (Lipinski definition) is 2. The summed E-state index contributed by atoms with van der Waals surface area (Å²) in [6.07, 6.45) is 3.46. The standard InChI is InChI=1S/C13H14BrN3/c1-9-5-4-8-12-15-13(16-17(9)12)10-6-2-3-7-11(10)14/h2-3,6-7,9H,4-5,8H2,1H3. The first-order chi connectivity index (χ1) is 8.25. The number of nitrogens with zero attached hydrogens (tertiary/aromatic N) is 3. The third-order valence-electron chi connectivity index (χ3n) is 3.26. The minimum atomic E-state index is 0.475. The number of fused-ring (bicyclic) bond motifs is 1. The summed E-state index contributed by atoms with van der Waals surface area (Å²) in [5.74, 6) is 1.95. The van der Waals surface area contributed by atoms with E-state index in [9.17, 15) is 0 Å². The first kappa shape index (κ1) is 11.0. The number of aryl methyl sites for hydroxylation is 1. The maximum Gasteiger partial charge on any atom is 0.182 e. The maximum atomic E-state index is 4.65. The topological polar surface area (TPSA) is 30.7 Å². The second-order valence-corrected chi connectivity index (χ2v) is 5.37. The second-order valence-electron chi connectivity index (χ2n) is 4.52. The molecule has 1 atom stereocenters. The van der Waals surface area contributed by atoms with Crippen LogP contribution in [0.2, 0.25) is 0 Å². The van der Waals surface area contributed by atoms with Crippen LogP contribution in [0.1, 0.15) is 31.6 Å². The Morgan fingerprint density at radius 1 is 1.35 bits per heavy atom. The molecule has 1 unspecified atom stereocenters. The average molecular weight is 292 g/mol. The normalized spacial score (nSPS) is 19.1. The predicted octanol–water partition coefficient (Wildman–Crippen LogP) is 3.60. The molecule has 3 rings (SSSR count). The highest BCUT2D eigenvalue weighted by Crippen LogP contribution is 2.29. The van der Waals surface area contributed by atoms with E-state index in [1.54, 1.807) is 0 Å². The van der Waals surface area contributed by atoms with E-state index in [0.29, 0.717) is 6.04 Å². The molecule has 0 N–H and O–H groups in total. The number of halogens is 1. The predicted molar refractivity (Wildman–Crippen MR) is 70.8 cm³/mol. The van der Waals surface area contributed by atoms with E-state index < -0.39 is 0 Å². The molecule has 17 heavy (non-hydrogen) atoms. The molecule has 0 aliphatic carbocycles. The number of rotatable bonds is 1. The minimum absolute atomic E-state index is 0.475. The largest absolute Gasteiger partial charge is 0.247 e. The van der Waals surface area contributed by atoms with Crippen molar-refractivity contribution < 1.29 is 0 Å². The second kappa shape index (κ2) is 4.26. The molecule has 2 aromatic rings. The van der Waals surface area contributed by atoms with Gasteiger partial charge in [0.25, 0.3) is 0 Å². The van der Waals surface area contributed by atoms with E-state index in [-0.39, 0.29) is 0 Å². The molecule has 4 heteroatoms. The maximum absolute atomic E-state index is 4.65. The van der Waals surface area contributed by atoms with Gasteiger partial charge in [0.15, 0.2) is 5.82 Å². The van der Waals surface area contributed by atoms with Crippen molar-refractivity contribution in [1.82, 2.24) is 14.8 Å². The Hall–Kier alpha value is -1.16. The van der Waals surface area contributed by atoms with Gasteiger partial charge in [0, 0.05) is 16.5 Å². The zero-order valence-electron chi connectivity index (χ0n) is 9.73. The van der Waals surface area contributed by atoms with Crippen LogP contribution < -0.4 is 0 Å². The lowest BCUT2D eigenvalue weighted by Crippen LogP contribution is -2.16. The van der Waals surface area contributed by atoms with Crippen molar-refractivity contribution in [3.8, 4) is 11.4 Å². The van der Waals surface area contributed by atoms with Gasteiger partial charge in [-0.25, -0.2) is 9.67 Å². The first-order valence-electron chi connectivity index (χ1n) is 5.96. The number of benzene rings is 1. The van der Waals surface area contributed by atoms with Gasteiger partial charge in [-0.15, -0.1) is 0 Å². The molecular weight excluding hydrogens is 278 g/mol. The molecule has 1 aromatic carbocycles. The molecule has 2 heterocycles. The molecule has 0 saturated heterocycles. The molecule has 3 nitrogen and oxygen atoms in total. The van der Waals surface area contributed by atoms with Crippen LogP contribution >= 0.6 is 15.9 Å². The lowest BCUT2D eigenvalue weighted by atomic mass is 10.1. The fraction of sp³-hybridized carbons (Fsp3) is 0.385. The lowest BCUT2D eigenvalue weighted by molar-refractivity contribution is 0.389. The van der Waals surface area contributed by atoms with Crippen molar-refractivity contribution in [2.24, 2.45) is 0 Å². The molecule has 0 amide bonds. The molecule has 1 aliphatic heterocycles. The quantitative estimate of drug-likeness (QED) is 0.804. The summed E-state index contributed by atoms with van der Waals surface area (Å²) in [6, 6.07) is 8.58. The zero-order chi connectivity index (χ0) is 11.8. The van der Waals surface area contributed by atoms with Crippen LogP contribution in [-0.4, -0.2) is 14.8 Å². The monoisotopic (exact) mass is 291 g/mol. The molecule has 1 aromatic heterocycles. The van der Waals surface area contributed by atoms with Crippen LogP contribution in [0.15, 0.2) is 28.7 Å². The number of hydrogen-bond donors (Lipinski definition) is 0. The van der Waals surface area contributed by atoms with Crippen LogP contribution in [0.4, 0.5) is 0 Å². The van der Waals surface area contributed by atoms with Crippen molar-refractivity contribution in [3.63, 3.8) is 0 Å². The summed E-state index contributed by atoms with van der Waals surface area (Å²) >= 11 is 3.55. The van der Waals surface area contributed by atoms with Gasteiger partial charge in [0.1, 0.15) is 5.82 Å². The van der Waals surface area contributed by atoms with Gasteiger partial charge in [-0.1, -0.05) is 28.1 Å². The van der Waals surface area contributed by atoms with Crippen molar-refractivity contribution in [2.75, 3.05) is 0 Å². The van der Waals surface area contributed by atoms with Crippen molar-refractivity contribution in [3.05, 3.63) is 34.6 Å². The molecular formula is C13H14BrN3. The molecule has 0 radical (unpaired) electrons. The molecule has 0 bridgehead atoms. The zero-order valence-corrected chi connectivity index (χ0v) is 11.3. The van der Waals surface area contributed by atoms with Gasteiger partial charge in [-0.3, -0.25) is 0 Å². The molecule has 0 spiro atoms. The summed E-state index contributed by atoms with van der Waals surface area (Å²) in [6.45, 7) is 2.21. The van der Waals surface area contributed by atoms with E-state index in [1.807, 2.05) is 18.2 Å². The van der Waals surface area contributed by atoms with E-state index in [4.69, 9.17) is 0 Å². The smallest absolute Gasteiger partial charge is 0.182 e. The highest BCUT2D eigenvalue weighted by molar-refractivity contribution is 9.10. The molecule has 0 fully saturated rings. The summed E-state index contributed by atoms with van der Waals surface area (Å²) in [4.78, 5) is 4.65. The fourth-order valence-electron chi connectivity index (χ4n) is 2.31. The van der Waals surface area contributed by atoms with Crippen LogP contribution in [0.5, 0.6) is 0 Å². The van der Waals surface area contributed by atoms with Gasteiger partial charge in [0.2, 0.25) is 0 Å². The van der Waals surface area contributed by atoms with Crippen molar-refractivity contribution in [2.45, 2.75) is 32.2 Å². The molecule has 88 valence electrons. The summed E-state index contributed by atoms with van der Waals surface area (Å²) in [5.41, 5.74) is 1.07. The Bertz CT molecular complexity index is 547. The van der Waals surface area contributed by atoms with E-state index >= 15 is 0 Å². The molecule has 0 saturated carbocycles. The fourth-order valence-corrected chi connectivity index (χ4v) is 2.78. The Labute approximate surface area is 109 Å². The van der Waals surface area contributed by atoms with E-state index in [0.717, 1.165) is 28.1 Å². The van der Waals surface area contributed by atoms with Crippen LogP contribution in [0, 0.1) is 0 Å². The molecule has 1 aliphatic rings. The van der Waals surface area contributed by atoms with Gasteiger partial charge in [-0.05, 0) is 31.9 Å². The summed E-state index contributed by atoms with van der Waals surface area (Å²) in [5, 5.41) is 4.64. The Morgan fingerprint density at radius 2 is 2.18 bits per heavy atom. The first-order valence-corrected chi connectivity index (χ1v) is 6.75. The van der Waals surface area contributed by atoms with Gasteiger partial charge >= 0.3 is 0 Å². The highest BCUT2D eigenvalue weighted by atomic mass is 79.9. The average Bonchev–Trinajstić information content (AvgIpc) is 2.75. The highest BCUT2D eigenvalue weighted by Gasteiger charge is 2.20. The lowest BCUT2D eigenvalue weighted by Gasteiger charge is -2.18. The third-order valence-corrected chi connectivity index (χ3v) is 3.95. The Kier molecular flexibility index (Phi) is 2.74. The van der Waals surface area contributed by atoms with Gasteiger partial charge < -0.3 is 0 Å².